The number of hydrogen-bond donors (Lipinski definition) is 2. The van der Waals surface area contributed by atoms with Gasteiger partial charge in [-0.05, 0) is 6.26 Å². The monoisotopic (exact) mass is 258 g/mol. The third kappa shape index (κ3) is 3.95. The van der Waals surface area contributed by atoms with Crippen LogP contribution < -0.4 is 0 Å². The molecule has 6 nitrogen and oxygen atoms in total. The predicted octanol–water partition coefficient (Wildman–Crippen LogP) is 0.156. The van der Waals surface area contributed by atoms with Crippen molar-refractivity contribution in [1.29, 1.82) is 0 Å². The van der Waals surface area contributed by atoms with Gasteiger partial charge in [0.05, 0.1) is 19.6 Å². The summed E-state index contributed by atoms with van der Waals surface area (Å²) >= 11 is 1.37. The molecule has 7 heteroatoms. The molecule has 0 aromatic carbocycles. The van der Waals surface area contributed by atoms with Crippen LogP contribution in [0.15, 0.2) is 17.6 Å². The second kappa shape index (κ2) is 6.53. The lowest BCUT2D eigenvalue weighted by molar-refractivity contribution is -0.144. The Morgan fingerprint density at radius 1 is 1.47 bits per heavy atom. The molecule has 0 aliphatic carbocycles. The first kappa shape index (κ1) is 13.9. The predicted molar refractivity (Wildman–Crippen MR) is 61.4 cm³/mol. The van der Waals surface area contributed by atoms with Gasteiger partial charge < -0.3 is 14.9 Å². The van der Waals surface area contributed by atoms with Gasteiger partial charge in [0.25, 0.3) is 0 Å². The van der Waals surface area contributed by atoms with Crippen molar-refractivity contribution in [2.75, 3.05) is 13.4 Å². The highest BCUT2D eigenvalue weighted by molar-refractivity contribution is 7.98. The van der Waals surface area contributed by atoms with E-state index in [0.717, 1.165) is 0 Å². The minimum Gasteiger partial charge on any atom is -0.469 e. The van der Waals surface area contributed by atoms with E-state index < -0.39 is 18.2 Å². The third-order valence-electron chi connectivity index (χ3n) is 2.14. The summed E-state index contributed by atoms with van der Waals surface area (Å²) < 4.78 is 4.40. The van der Waals surface area contributed by atoms with Gasteiger partial charge in [0.2, 0.25) is 0 Å². The number of hydrogen-bond acceptors (Lipinski definition) is 7. The maximum atomic E-state index is 10.9. The SMILES string of the molecule is COC(=O)CC(O)C(O)c1cnc(SC)nc1. The average Bonchev–Trinajstić information content (AvgIpc) is 2.37. The van der Waals surface area contributed by atoms with E-state index in [2.05, 4.69) is 14.7 Å². The van der Waals surface area contributed by atoms with Gasteiger partial charge >= 0.3 is 5.97 Å². The molecule has 17 heavy (non-hydrogen) atoms. The minimum absolute atomic E-state index is 0.276. The van der Waals surface area contributed by atoms with Crippen molar-refractivity contribution >= 4 is 17.7 Å². The highest BCUT2D eigenvalue weighted by Gasteiger charge is 2.22. The number of aliphatic hydroxyl groups is 2. The molecule has 2 atom stereocenters. The van der Waals surface area contributed by atoms with Crippen molar-refractivity contribution in [3.63, 3.8) is 0 Å². The molecule has 0 aliphatic rings. The van der Waals surface area contributed by atoms with Crippen molar-refractivity contribution in [3.05, 3.63) is 18.0 Å². The summed E-state index contributed by atoms with van der Waals surface area (Å²) in [5.74, 6) is -0.585. The molecule has 94 valence electrons. The zero-order chi connectivity index (χ0) is 12.8. The number of methoxy groups -OCH3 is 1. The Labute approximate surface area is 103 Å². The van der Waals surface area contributed by atoms with Crippen LogP contribution >= 0.6 is 11.8 Å². The van der Waals surface area contributed by atoms with Crippen molar-refractivity contribution in [3.8, 4) is 0 Å². The lowest BCUT2D eigenvalue weighted by atomic mass is 10.1. The Morgan fingerprint density at radius 2 is 2.06 bits per heavy atom. The van der Waals surface area contributed by atoms with Crippen LogP contribution in [0, 0.1) is 0 Å². The van der Waals surface area contributed by atoms with Gasteiger partial charge in [-0.15, -0.1) is 0 Å². The van der Waals surface area contributed by atoms with E-state index in [-0.39, 0.29) is 6.42 Å². The Balaban J connectivity index is 2.67. The first-order chi connectivity index (χ1) is 8.08. The van der Waals surface area contributed by atoms with E-state index in [1.54, 1.807) is 0 Å². The lowest BCUT2D eigenvalue weighted by Crippen LogP contribution is -2.22. The van der Waals surface area contributed by atoms with E-state index in [1.165, 1.54) is 31.3 Å². The van der Waals surface area contributed by atoms with Crippen molar-refractivity contribution in [2.24, 2.45) is 0 Å². The zero-order valence-corrected chi connectivity index (χ0v) is 10.3. The molecular weight excluding hydrogens is 244 g/mol. The largest absolute Gasteiger partial charge is 0.469 e. The second-order valence-corrected chi connectivity index (χ2v) is 4.07. The summed E-state index contributed by atoms with van der Waals surface area (Å²) in [6, 6.07) is 0. The Bertz CT molecular complexity index is 371. The molecule has 0 spiro atoms. The van der Waals surface area contributed by atoms with Crippen LogP contribution in [-0.4, -0.2) is 45.6 Å². The normalized spacial score (nSPS) is 14.1. The summed E-state index contributed by atoms with van der Waals surface area (Å²) in [7, 11) is 1.22. The number of esters is 1. The fraction of sp³-hybridized carbons (Fsp3) is 0.500. The van der Waals surface area contributed by atoms with E-state index >= 15 is 0 Å². The molecule has 2 unspecified atom stereocenters. The smallest absolute Gasteiger partial charge is 0.308 e. The van der Waals surface area contributed by atoms with Crippen LogP contribution in [-0.2, 0) is 9.53 Å². The fourth-order valence-corrected chi connectivity index (χ4v) is 1.49. The molecule has 0 bridgehead atoms. The zero-order valence-electron chi connectivity index (χ0n) is 9.53. The van der Waals surface area contributed by atoms with Crippen LogP contribution in [0.1, 0.15) is 18.1 Å². The quantitative estimate of drug-likeness (QED) is 0.441. The topological polar surface area (TPSA) is 92.5 Å². The molecule has 1 aromatic rings. The van der Waals surface area contributed by atoms with Crippen LogP contribution in [0.3, 0.4) is 0 Å². The maximum Gasteiger partial charge on any atom is 0.308 e. The number of carbonyl (C=O) groups excluding carboxylic acids is 1. The first-order valence-corrected chi connectivity index (χ1v) is 6.09. The Kier molecular flexibility index (Phi) is 5.33. The van der Waals surface area contributed by atoms with Crippen LogP contribution in [0.4, 0.5) is 0 Å². The van der Waals surface area contributed by atoms with Crippen LogP contribution in [0.25, 0.3) is 0 Å². The molecule has 1 heterocycles. The van der Waals surface area contributed by atoms with Gasteiger partial charge in [-0.1, -0.05) is 11.8 Å². The van der Waals surface area contributed by atoms with Crippen LogP contribution in [0.5, 0.6) is 0 Å². The molecule has 0 saturated carbocycles. The molecule has 2 N–H and O–H groups in total. The standard InChI is InChI=1S/C10H14N2O4S/c1-16-8(14)3-7(13)9(15)6-4-11-10(17-2)12-5-6/h4-5,7,9,13,15H,3H2,1-2H3. The number of thioether (sulfide) groups is 1. The van der Waals surface area contributed by atoms with Gasteiger partial charge in [0, 0.05) is 18.0 Å². The van der Waals surface area contributed by atoms with Gasteiger partial charge in [0.15, 0.2) is 5.16 Å². The first-order valence-electron chi connectivity index (χ1n) is 4.87. The van der Waals surface area contributed by atoms with E-state index in [1.807, 2.05) is 6.26 Å². The van der Waals surface area contributed by atoms with E-state index in [0.29, 0.717) is 10.7 Å². The number of ether oxygens (including phenoxy) is 1. The average molecular weight is 258 g/mol. The maximum absolute atomic E-state index is 10.9. The number of nitrogens with zero attached hydrogens (tertiary/aromatic N) is 2. The molecule has 0 aliphatic heterocycles. The van der Waals surface area contributed by atoms with Gasteiger partial charge in [-0.3, -0.25) is 4.79 Å². The summed E-state index contributed by atoms with van der Waals surface area (Å²) in [6.45, 7) is 0. The van der Waals surface area contributed by atoms with Gasteiger partial charge in [-0.2, -0.15) is 0 Å². The number of carbonyl (C=O) groups is 1. The lowest BCUT2D eigenvalue weighted by Gasteiger charge is -2.16. The molecule has 0 saturated heterocycles. The van der Waals surface area contributed by atoms with Gasteiger partial charge in [0.1, 0.15) is 6.10 Å². The third-order valence-corrected chi connectivity index (χ3v) is 2.72. The Hall–Kier alpha value is -1.18. The fourth-order valence-electron chi connectivity index (χ4n) is 1.17. The number of rotatable bonds is 5. The number of aromatic nitrogens is 2. The second-order valence-electron chi connectivity index (χ2n) is 3.30. The van der Waals surface area contributed by atoms with E-state index in [4.69, 9.17) is 0 Å². The summed E-state index contributed by atoms with van der Waals surface area (Å²) in [6.07, 6.45) is 1.96. The number of aliphatic hydroxyl groups excluding tert-OH is 2. The summed E-state index contributed by atoms with van der Waals surface area (Å²) in [5, 5.41) is 19.9. The summed E-state index contributed by atoms with van der Waals surface area (Å²) in [4.78, 5) is 18.9. The molecule has 1 aromatic heterocycles. The van der Waals surface area contributed by atoms with Crippen LogP contribution in [0.2, 0.25) is 0 Å². The molecule has 0 amide bonds. The summed E-state index contributed by atoms with van der Waals surface area (Å²) in [5.41, 5.74) is 0.360. The van der Waals surface area contributed by atoms with Gasteiger partial charge in [-0.25, -0.2) is 9.97 Å². The molecular formula is C10H14N2O4S. The molecule has 1 rings (SSSR count). The van der Waals surface area contributed by atoms with Crippen molar-refractivity contribution in [2.45, 2.75) is 23.8 Å². The van der Waals surface area contributed by atoms with Crippen molar-refractivity contribution in [1.82, 2.24) is 9.97 Å². The highest BCUT2D eigenvalue weighted by Crippen LogP contribution is 2.19. The Morgan fingerprint density at radius 3 is 2.53 bits per heavy atom. The van der Waals surface area contributed by atoms with Crippen molar-refractivity contribution < 1.29 is 19.7 Å². The molecule has 0 radical (unpaired) electrons. The highest BCUT2D eigenvalue weighted by atomic mass is 32.2. The minimum atomic E-state index is -1.23. The molecule has 0 fully saturated rings. The van der Waals surface area contributed by atoms with E-state index in [9.17, 15) is 15.0 Å².